The molecule has 120 valence electrons. The Morgan fingerprint density at radius 3 is 2.48 bits per heavy atom. The molecule has 0 aliphatic rings. The fraction of sp³-hybridized carbons (Fsp3) is 0.333. The Bertz CT molecular complexity index is 732. The summed E-state index contributed by atoms with van der Waals surface area (Å²) in [7, 11) is 0. The van der Waals surface area contributed by atoms with E-state index in [4.69, 9.17) is 14.3 Å². The number of hydrogen-bond acceptors (Lipinski definition) is 4. The standard InChI is InChI=1S/C18H19NO4/c1-11-8-12(2)17(13(3)9-11)22-7-6-14(10-19)15-4-5-16(23-15)18(20)21/h4-5,8-9,14H,6-7H2,1-3H3,(H,20,21). The lowest BCUT2D eigenvalue weighted by atomic mass is 10.0. The van der Waals surface area contributed by atoms with Crippen LogP contribution in [-0.4, -0.2) is 17.7 Å². The number of benzene rings is 1. The van der Waals surface area contributed by atoms with Crippen LogP contribution in [-0.2, 0) is 0 Å². The van der Waals surface area contributed by atoms with Crippen LogP contribution in [0.3, 0.4) is 0 Å². The Hall–Kier alpha value is -2.74. The summed E-state index contributed by atoms with van der Waals surface area (Å²) in [4.78, 5) is 10.8. The molecule has 5 heteroatoms. The minimum absolute atomic E-state index is 0.161. The fourth-order valence-corrected chi connectivity index (χ4v) is 2.60. The monoisotopic (exact) mass is 313 g/mol. The van der Waals surface area contributed by atoms with Gasteiger partial charge >= 0.3 is 5.97 Å². The maximum absolute atomic E-state index is 10.8. The Labute approximate surface area is 135 Å². The van der Waals surface area contributed by atoms with E-state index in [1.807, 2.05) is 20.8 Å². The Morgan fingerprint density at radius 1 is 1.30 bits per heavy atom. The first-order chi connectivity index (χ1) is 10.9. The molecule has 2 aromatic rings. The van der Waals surface area contributed by atoms with Gasteiger partial charge in [-0.1, -0.05) is 17.7 Å². The molecule has 0 amide bonds. The van der Waals surface area contributed by atoms with E-state index in [-0.39, 0.29) is 5.76 Å². The van der Waals surface area contributed by atoms with Crippen LogP contribution in [0.25, 0.3) is 0 Å². The molecule has 1 aromatic carbocycles. The molecule has 1 heterocycles. The highest BCUT2D eigenvalue weighted by molar-refractivity contribution is 5.84. The third-order valence-corrected chi connectivity index (χ3v) is 3.59. The van der Waals surface area contributed by atoms with Crippen molar-refractivity contribution in [3.8, 4) is 11.8 Å². The van der Waals surface area contributed by atoms with E-state index in [0.29, 0.717) is 18.8 Å². The topological polar surface area (TPSA) is 83.5 Å². The van der Waals surface area contributed by atoms with Gasteiger partial charge in [-0.3, -0.25) is 0 Å². The second kappa shape index (κ2) is 7.01. The van der Waals surface area contributed by atoms with E-state index in [9.17, 15) is 10.1 Å². The lowest BCUT2D eigenvalue weighted by Gasteiger charge is -2.14. The van der Waals surface area contributed by atoms with Crippen molar-refractivity contribution in [2.24, 2.45) is 0 Å². The van der Waals surface area contributed by atoms with E-state index in [0.717, 1.165) is 16.9 Å². The van der Waals surface area contributed by atoms with E-state index < -0.39 is 11.9 Å². The number of nitriles is 1. The second-order valence-corrected chi connectivity index (χ2v) is 5.55. The number of carboxylic acids is 1. The first-order valence-electron chi connectivity index (χ1n) is 7.35. The third-order valence-electron chi connectivity index (χ3n) is 3.59. The highest BCUT2D eigenvalue weighted by atomic mass is 16.5. The van der Waals surface area contributed by atoms with E-state index in [2.05, 4.69) is 18.2 Å². The lowest BCUT2D eigenvalue weighted by Crippen LogP contribution is -2.06. The Morgan fingerprint density at radius 2 is 1.96 bits per heavy atom. The Balaban J connectivity index is 2.01. The number of aromatic carboxylic acids is 1. The van der Waals surface area contributed by atoms with Gasteiger partial charge in [0.2, 0.25) is 5.76 Å². The van der Waals surface area contributed by atoms with Crippen LogP contribution in [0.5, 0.6) is 5.75 Å². The highest BCUT2D eigenvalue weighted by Gasteiger charge is 2.18. The number of ether oxygens (including phenoxy) is 1. The average molecular weight is 313 g/mol. The number of aryl methyl sites for hydroxylation is 3. The number of carboxylic acid groups (broad SMARTS) is 1. The number of nitrogens with zero attached hydrogens (tertiary/aromatic N) is 1. The minimum atomic E-state index is -1.14. The van der Waals surface area contributed by atoms with Crippen LogP contribution in [0.1, 0.15) is 45.3 Å². The maximum Gasteiger partial charge on any atom is 0.371 e. The molecule has 5 nitrogen and oxygen atoms in total. The molecular weight excluding hydrogens is 294 g/mol. The second-order valence-electron chi connectivity index (χ2n) is 5.55. The zero-order valence-corrected chi connectivity index (χ0v) is 13.4. The molecule has 1 N–H and O–H groups in total. The van der Waals surface area contributed by atoms with E-state index >= 15 is 0 Å². The van der Waals surface area contributed by atoms with Crippen molar-refractivity contribution in [1.82, 2.24) is 0 Å². The summed E-state index contributed by atoms with van der Waals surface area (Å²) < 4.78 is 11.0. The maximum atomic E-state index is 10.8. The van der Waals surface area contributed by atoms with Crippen LogP contribution < -0.4 is 4.74 Å². The lowest BCUT2D eigenvalue weighted by molar-refractivity contribution is 0.0660. The van der Waals surface area contributed by atoms with Gasteiger partial charge in [0.15, 0.2) is 0 Å². The third kappa shape index (κ3) is 3.92. The average Bonchev–Trinajstić information content (AvgIpc) is 2.95. The number of hydrogen-bond donors (Lipinski definition) is 1. The molecule has 1 unspecified atom stereocenters. The van der Waals surface area contributed by atoms with Crippen LogP contribution in [0.15, 0.2) is 28.7 Å². The molecule has 0 saturated heterocycles. The van der Waals surface area contributed by atoms with Gasteiger partial charge in [0.25, 0.3) is 0 Å². The molecule has 0 radical (unpaired) electrons. The summed E-state index contributed by atoms with van der Waals surface area (Å²) in [5.41, 5.74) is 3.29. The van der Waals surface area contributed by atoms with Crippen molar-refractivity contribution in [1.29, 1.82) is 5.26 Å². The van der Waals surface area contributed by atoms with Gasteiger partial charge in [0.1, 0.15) is 17.4 Å². The van der Waals surface area contributed by atoms with Crippen LogP contribution in [0.2, 0.25) is 0 Å². The molecule has 0 bridgehead atoms. The molecule has 1 aromatic heterocycles. The van der Waals surface area contributed by atoms with E-state index in [1.54, 1.807) is 0 Å². The zero-order chi connectivity index (χ0) is 17.0. The summed E-state index contributed by atoms with van der Waals surface area (Å²) in [5.74, 6) is -0.653. The van der Waals surface area contributed by atoms with Crippen LogP contribution in [0, 0.1) is 32.1 Å². The van der Waals surface area contributed by atoms with Gasteiger partial charge in [-0.05, 0) is 44.0 Å². The van der Waals surface area contributed by atoms with Gasteiger partial charge in [-0.15, -0.1) is 0 Å². The predicted molar refractivity (Wildman–Crippen MR) is 84.8 cm³/mol. The van der Waals surface area contributed by atoms with Gasteiger partial charge in [-0.25, -0.2) is 4.79 Å². The highest BCUT2D eigenvalue weighted by Crippen LogP contribution is 2.26. The zero-order valence-electron chi connectivity index (χ0n) is 13.4. The molecule has 1 atom stereocenters. The minimum Gasteiger partial charge on any atom is -0.493 e. The van der Waals surface area contributed by atoms with Gasteiger partial charge < -0.3 is 14.3 Å². The fourth-order valence-electron chi connectivity index (χ4n) is 2.60. The van der Waals surface area contributed by atoms with Gasteiger partial charge in [0, 0.05) is 6.42 Å². The predicted octanol–water partition coefficient (Wildman–Crippen LogP) is 3.98. The molecule has 23 heavy (non-hydrogen) atoms. The molecule has 0 spiro atoms. The van der Waals surface area contributed by atoms with Crippen LogP contribution in [0.4, 0.5) is 0 Å². The van der Waals surface area contributed by atoms with Crippen LogP contribution >= 0.6 is 0 Å². The van der Waals surface area contributed by atoms with Gasteiger partial charge in [0.05, 0.1) is 12.7 Å². The summed E-state index contributed by atoms with van der Waals surface area (Å²) in [6.45, 7) is 6.37. The van der Waals surface area contributed by atoms with Crippen molar-refractivity contribution in [2.75, 3.05) is 6.61 Å². The summed E-state index contributed by atoms with van der Waals surface area (Å²) >= 11 is 0. The van der Waals surface area contributed by atoms with Crippen molar-refractivity contribution in [3.63, 3.8) is 0 Å². The van der Waals surface area contributed by atoms with Crippen molar-refractivity contribution in [2.45, 2.75) is 33.1 Å². The van der Waals surface area contributed by atoms with Crippen molar-refractivity contribution >= 4 is 5.97 Å². The molecule has 0 aliphatic carbocycles. The Kier molecular flexibility index (Phi) is 5.07. The largest absolute Gasteiger partial charge is 0.493 e. The smallest absolute Gasteiger partial charge is 0.371 e. The quantitative estimate of drug-likeness (QED) is 0.872. The molecule has 0 aliphatic heterocycles. The van der Waals surface area contributed by atoms with E-state index in [1.165, 1.54) is 17.7 Å². The summed E-state index contributed by atoms with van der Waals surface area (Å²) in [6.07, 6.45) is 0.426. The number of carbonyl (C=O) groups is 1. The molecule has 0 fully saturated rings. The van der Waals surface area contributed by atoms with Crippen molar-refractivity contribution < 1.29 is 19.1 Å². The first-order valence-corrected chi connectivity index (χ1v) is 7.35. The number of rotatable bonds is 6. The van der Waals surface area contributed by atoms with Crippen molar-refractivity contribution in [3.05, 3.63) is 52.5 Å². The summed E-state index contributed by atoms with van der Waals surface area (Å²) in [5, 5.41) is 18.1. The molecule has 2 rings (SSSR count). The molecule has 0 saturated carbocycles. The number of furan rings is 1. The van der Waals surface area contributed by atoms with Gasteiger partial charge in [-0.2, -0.15) is 5.26 Å². The normalized spacial score (nSPS) is 11.7. The molecular formula is C18H19NO4. The SMILES string of the molecule is Cc1cc(C)c(OCCC(C#N)c2ccc(C(=O)O)o2)c(C)c1. The first kappa shape index (κ1) is 16.6. The summed E-state index contributed by atoms with van der Waals surface area (Å²) in [6, 6.07) is 9.12.